The number of para-hydroxylation sites is 1. The van der Waals surface area contributed by atoms with E-state index in [1.165, 1.54) is 21.4 Å². The van der Waals surface area contributed by atoms with Crippen LogP contribution in [0, 0.1) is 0 Å². The lowest BCUT2D eigenvalue weighted by atomic mass is 10.1. The molecule has 252 valence electrons. The Kier molecular flexibility index (Phi) is 9.78. The second kappa shape index (κ2) is 13.7. The highest BCUT2D eigenvalue weighted by atomic mass is 28.3. The molecule has 2 aromatic carbocycles. The zero-order valence-electron chi connectivity index (χ0n) is 28.7. The van der Waals surface area contributed by atoms with E-state index in [9.17, 15) is 14.4 Å². The summed E-state index contributed by atoms with van der Waals surface area (Å²) in [6.45, 7) is 14.3. The molecule has 12 heteroatoms. The van der Waals surface area contributed by atoms with Crippen molar-refractivity contribution < 1.29 is 23.8 Å². The molecule has 0 fully saturated rings. The fourth-order valence-corrected chi connectivity index (χ4v) is 5.55. The van der Waals surface area contributed by atoms with E-state index in [1.54, 1.807) is 57.1 Å². The van der Waals surface area contributed by atoms with Crippen molar-refractivity contribution in [2.75, 3.05) is 12.4 Å². The van der Waals surface area contributed by atoms with E-state index in [-0.39, 0.29) is 23.6 Å². The van der Waals surface area contributed by atoms with Crippen molar-refractivity contribution in [3.63, 3.8) is 0 Å². The molecule has 0 bridgehead atoms. The number of nitrogens with zero attached hydrogens (tertiary/aromatic N) is 4. The maximum atomic E-state index is 14.1. The van der Waals surface area contributed by atoms with Gasteiger partial charge in [-0.25, -0.2) is 9.36 Å². The number of fused-ring (bicyclic) bond motifs is 1. The van der Waals surface area contributed by atoms with Gasteiger partial charge in [-0.15, -0.1) is 0 Å². The van der Waals surface area contributed by atoms with Crippen molar-refractivity contribution in [1.29, 1.82) is 0 Å². The van der Waals surface area contributed by atoms with Gasteiger partial charge in [0.2, 0.25) is 0 Å². The van der Waals surface area contributed by atoms with Crippen LogP contribution in [-0.2, 0) is 22.7 Å². The summed E-state index contributed by atoms with van der Waals surface area (Å²) >= 11 is 0. The van der Waals surface area contributed by atoms with E-state index in [0.29, 0.717) is 23.4 Å². The summed E-state index contributed by atoms with van der Waals surface area (Å²) in [4.78, 5) is 41.5. The third-order valence-corrected chi connectivity index (χ3v) is 10.6. The van der Waals surface area contributed by atoms with Gasteiger partial charge >= 0.3 is 6.09 Å². The average molecular weight is 670 g/mol. The largest absolute Gasteiger partial charge is 0.497 e. The lowest BCUT2D eigenvalue weighted by molar-refractivity contribution is 0.0543. The minimum absolute atomic E-state index is 0.0601. The zero-order chi connectivity index (χ0) is 34.8. The van der Waals surface area contributed by atoms with Gasteiger partial charge in [0, 0.05) is 23.5 Å². The summed E-state index contributed by atoms with van der Waals surface area (Å²) in [5.74, 6) is 0.312. The van der Waals surface area contributed by atoms with Crippen LogP contribution < -0.4 is 15.6 Å². The van der Waals surface area contributed by atoms with Gasteiger partial charge in [0.05, 0.1) is 56.0 Å². The highest BCUT2D eigenvalue weighted by Gasteiger charge is 2.27. The molecular weight excluding hydrogens is 627 g/mol. The fraction of sp³-hybridized carbons (Fsp3) is 0.333. The maximum Gasteiger partial charge on any atom is 0.419 e. The van der Waals surface area contributed by atoms with Crippen molar-refractivity contribution in [2.45, 2.75) is 71.9 Å². The number of hydrogen-bond donors (Lipinski definition) is 1. The molecule has 1 atom stereocenters. The predicted molar refractivity (Wildman–Crippen MR) is 189 cm³/mol. The normalized spacial score (nSPS) is 12.6. The van der Waals surface area contributed by atoms with Gasteiger partial charge in [0.15, 0.2) is 0 Å². The Morgan fingerprint density at radius 1 is 1.00 bits per heavy atom. The van der Waals surface area contributed by atoms with Crippen LogP contribution >= 0.6 is 0 Å². The number of hydrogen-bond acceptors (Lipinski definition) is 7. The molecule has 1 amide bonds. The number of rotatable bonds is 10. The minimum Gasteiger partial charge on any atom is -0.497 e. The highest BCUT2D eigenvalue weighted by molar-refractivity contribution is 6.77. The molecule has 3 heterocycles. The number of benzene rings is 2. The zero-order valence-corrected chi connectivity index (χ0v) is 29.7. The Morgan fingerprint density at radius 2 is 1.71 bits per heavy atom. The van der Waals surface area contributed by atoms with Crippen molar-refractivity contribution in [3.05, 3.63) is 101 Å². The number of carbonyl (C=O) groups excluding carboxylic acids is 2. The van der Waals surface area contributed by atoms with E-state index in [1.807, 2.05) is 49.4 Å². The molecule has 5 rings (SSSR count). The highest BCUT2D eigenvalue weighted by Crippen LogP contribution is 2.29. The Morgan fingerprint density at radius 3 is 2.38 bits per heavy atom. The third kappa shape index (κ3) is 7.95. The molecule has 0 aliphatic carbocycles. The maximum absolute atomic E-state index is 14.1. The number of pyridine rings is 1. The van der Waals surface area contributed by atoms with E-state index < -0.39 is 31.2 Å². The summed E-state index contributed by atoms with van der Waals surface area (Å²) in [5, 5.41) is 8.04. The monoisotopic (exact) mass is 669 g/mol. The summed E-state index contributed by atoms with van der Waals surface area (Å²) in [5.41, 5.74) is 1.51. The first-order valence-electron chi connectivity index (χ1n) is 15.8. The summed E-state index contributed by atoms with van der Waals surface area (Å²) in [6, 6.07) is 18.2. The molecule has 1 N–H and O–H groups in total. The Bertz CT molecular complexity index is 2000. The molecule has 0 spiro atoms. The molecule has 0 radical (unpaired) electrons. The van der Waals surface area contributed by atoms with E-state index >= 15 is 0 Å². The molecule has 0 aliphatic rings. The number of ether oxygens (including phenoxy) is 3. The van der Waals surface area contributed by atoms with Crippen LogP contribution in [0.1, 0.15) is 43.6 Å². The van der Waals surface area contributed by atoms with Crippen LogP contribution in [0.3, 0.4) is 0 Å². The average Bonchev–Trinajstić information content (AvgIpc) is 3.63. The molecule has 0 saturated carbocycles. The lowest BCUT2D eigenvalue weighted by Gasteiger charge is -2.26. The number of carbonyl (C=O) groups is 2. The van der Waals surface area contributed by atoms with Gasteiger partial charge in [-0.05, 0) is 63.6 Å². The summed E-state index contributed by atoms with van der Waals surface area (Å²) in [7, 11) is -0.0741. The van der Waals surface area contributed by atoms with Crippen LogP contribution in [0.2, 0.25) is 19.6 Å². The molecule has 0 aliphatic heterocycles. The molecule has 3 aromatic heterocycles. The molecule has 0 saturated heterocycles. The standard InChI is InChI=1S/C36H43N5O6Si/c1-24(48(6,7)8)46-23-39-21-27(33(42)38-28-19-37-40(22-28)20-25-13-15-29(45-5)16-14-25)17-30(34(39)43)32-18-26-11-9-10-12-31(26)41(32)35(44)47-36(2,3)4/h9-19,21-22,24H,20,23H2,1-8H3,(H,38,42). The lowest BCUT2D eigenvalue weighted by Crippen LogP contribution is -2.39. The summed E-state index contributed by atoms with van der Waals surface area (Å²) in [6.07, 6.45) is 4.16. The van der Waals surface area contributed by atoms with Crippen molar-refractivity contribution in [3.8, 4) is 17.0 Å². The van der Waals surface area contributed by atoms with Crippen molar-refractivity contribution in [2.24, 2.45) is 0 Å². The van der Waals surface area contributed by atoms with Crippen molar-refractivity contribution >= 4 is 36.7 Å². The fourth-order valence-electron chi connectivity index (χ4n) is 4.97. The van der Waals surface area contributed by atoms with Crippen molar-refractivity contribution in [1.82, 2.24) is 18.9 Å². The second-order valence-corrected chi connectivity index (χ2v) is 19.4. The number of aromatic nitrogens is 4. The Balaban J connectivity index is 1.53. The molecule has 5 aromatic rings. The Labute approximate surface area is 281 Å². The third-order valence-electron chi connectivity index (χ3n) is 7.99. The quantitative estimate of drug-likeness (QED) is 0.159. The van der Waals surface area contributed by atoms with Gasteiger partial charge < -0.3 is 19.5 Å². The minimum atomic E-state index is -1.69. The van der Waals surface area contributed by atoms with Crippen LogP contribution in [0.15, 0.2) is 84.0 Å². The molecule has 48 heavy (non-hydrogen) atoms. The first-order chi connectivity index (χ1) is 22.6. The summed E-state index contributed by atoms with van der Waals surface area (Å²) < 4.78 is 21.6. The predicted octanol–water partition coefficient (Wildman–Crippen LogP) is 7.00. The van der Waals surface area contributed by atoms with Crippen LogP contribution in [0.4, 0.5) is 10.5 Å². The second-order valence-electron chi connectivity index (χ2n) is 13.9. The van der Waals surface area contributed by atoms with Crippen LogP contribution in [0.5, 0.6) is 5.75 Å². The van der Waals surface area contributed by atoms with Crippen LogP contribution in [-0.4, -0.2) is 57.4 Å². The number of methoxy groups -OCH3 is 1. The van der Waals surface area contributed by atoms with E-state index in [4.69, 9.17) is 14.2 Å². The molecular formula is C36H43N5O6Si. The smallest absolute Gasteiger partial charge is 0.419 e. The van der Waals surface area contributed by atoms with Gasteiger partial charge in [-0.2, -0.15) is 5.10 Å². The SMILES string of the molecule is COc1ccc(Cn2cc(NC(=O)c3cc(-c4cc5ccccc5n4C(=O)OC(C)(C)C)c(=O)n(COC(C)[Si](C)(C)C)c3)cn2)cc1. The van der Waals surface area contributed by atoms with Gasteiger partial charge in [-0.1, -0.05) is 50.0 Å². The van der Waals surface area contributed by atoms with E-state index in [0.717, 1.165) is 16.7 Å². The molecule has 1 unspecified atom stereocenters. The first kappa shape index (κ1) is 34.4. The van der Waals surface area contributed by atoms with Gasteiger partial charge in [0.1, 0.15) is 18.1 Å². The first-order valence-corrected chi connectivity index (χ1v) is 19.4. The number of nitrogens with one attached hydrogen (secondary N) is 1. The van der Waals surface area contributed by atoms with Gasteiger partial charge in [0.25, 0.3) is 11.5 Å². The number of amides is 1. The van der Waals surface area contributed by atoms with Crippen LogP contribution in [0.25, 0.3) is 22.2 Å². The Hall–Kier alpha value is -4.94. The number of anilines is 1. The van der Waals surface area contributed by atoms with E-state index in [2.05, 4.69) is 30.1 Å². The topological polar surface area (TPSA) is 119 Å². The van der Waals surface area contributed by atoms with Gasteiger partial charge in [-0.3, -0.25) is 18.8 Å². The molecule has 11 nitrogen and oxygen atoms in total.